The van der Waals surface area contributed by atoms with E-state index in [0.29, 0.717) is 18.4 Å². The van der Waals surface area contributed by atoms with E-state index in [9.17, 15) is 18.0 Å². The van der Waals surface area contributed by atoms with Gasteiger partial charge in [-0.1, -0.05) is 36.4 Å². The van der Waals surface area contributed by atoms with Crippen molar-refractivity contribution in [2.75, 3.05) is 19.7 Å². The molecule has 1 aromatic heterocycles. The number of rotatable bonds is 6. The van der Waals surface area contributed by atoms with Crippen molar-refractivity contribution < 1.29 is 22.7 Å². The predicted octanol–water partition coefficient (Wildman–Crippen LogP) is 3.48. The van der Waals surface area contributed by atoms with Crippen LogP contribution in [0.3, 0.4) is 0 Å². The summed E-state index contributed by atoms with van der Waals surface area (Å²) in [6.45, 7) is 0.109. The van der Waals surface area contributed by atoms with Gasteiger partial charge >= 0.3 is 5.97 Å². The number of fused-ring (bicyclic) bond motifs is 3. The second kappa shape index (κ2) is 9.12. The van der Waals surface area contributed by atoms with Gasteiger partial charge in [-0.25, -0.2) is 8.42 Å². The number of ether oxygens (including phenoxy) is 1. The third kappa shape index (κ3) is 4.26. The first kappa shape index (κ1) is 22.4. The highest BCUT2D eigenvalue weighted by Crippen LogP contribution is 2.37. The average Bonchev–Trinajstić information content (AvgIpc) is 3.25. The standard InChI is InChI=1S/C26H24N2O5S/c29-25(21-8-7-20-14-19-4-1-2-6-23(19)24(20)15-21)17-33-26(30)18-9-12-28(13-10-18)34(31,32)22-5-3-11-27-16-22/h1-8,11,15-16,18H,9-10,12-14,17H2. The van der Waals surface area contributed by atoms with Gasteiger partial charge in [0, 0.05) is 31.0 Å². The molecule has 0 spiro atoms. The molecule has 2 aromatic carbocycles. The van der Waals surface area contributed by atoms with Crippen LogP contribution in [0.25, 0.3) is 11.1 Å². The van der Waals surface area contributed by atoms with Gasteiger partial charge in [0.05, 0.1) is 5.92 Å². The molecule has 34 heavy (non-hydrogen) atoms. The second-order valence-electron chi connectivity index (χ2n) is 8.60. The van der Waals surface area contributed by atoms with Crippen LogP contribution in [0.1, 0.15) is 34.3 Å². The zero-order chi connectivity index (χ0) is 23.7. The third-order valence-electron chi connectivity index (χ3n) is 6.53. The van der Waals surface area contributed by atoms with Crippen molar-refractivity contribution in [3.8, 4) is 11.1 Å². The van der Waals surface area contributed by atoms with Crippen LogP contribution in [0, 0.1) is 5.92 Å². The van der Waals surface area contributed by atoms with Crippen LogP contribution >= 0.6 is 0 Å². The van der Waals surface area contributed by atoms with E-state index in [1.807, 2.05) is 24.3 Å². The number of nitrogens with zero attached hydrogens (tertiary/aromatic N) is 2. The van der Waals surface area contributed by atoms with Gasteiger partial charge in [-0.15, -0.1) is 0 Å². The fraction of sp³-hybridized carbons (Fsp3) is 0.269. The quantitative estimate of drug-likeness (QED) is 0.312. The number of piperidine rings is 1. The minimum Gasteiger partial charge on any atom is -0.457 e. The molecule has 1 saturated heterocycles. The van der Waals surface area contributed by atoms with Gasteiger partial charge in [-0.2, -0.15) is 4.31 Å². The molecule has 1 fully saturated rings. The van der Waals surface area contributed by atoms with Crippen LogP contribution < -0.4 is 0 Å². The lowest BCUT2D eigenvalue weighted by Gasteiger charge is -2.29. The van der Waals surface area contributed by atoms with E-state index in [0.717, 1.165) is 17.5 Å². The van der Waals surface area contributed by atoms with Crippen LogP contribution in [0.2, 0.25) is 0 Å². The molecule has 174 valence electrons. The molecular formula is C26H24N2O5S. The molecule has 0 unspecified atom stereocenters. The first-order valence-electron chi connectivity index (χ1n) is 11.2. The fourth-order valence-electron chi connectivity index (χ4n) is 4.62. The van der Waals surface area contributed by atoms with E-state index in [-0.39, 0.29) is 30.4 Å². The second-order valence-corrected chi connectivity index (χ2v) is 10.5. The Kier molecular flexibility index (Phi) is 6.02. The van der Waals surface area contributed by atoms with Crippen LogP contribution in [0.15, 0.2) is 71.9 Å². The van der Waals surface area contributed by atoms with Crippen molar-refractivity contribution in [3.05, 3.63) is 83.7 Å². The van der Waals surface area contributed by atoms with Crippen LogP contribution in [-0.2, 0) is 26.0 Å². The number of hydrogen-bond donors (Lipinski definition) is 0. The largest absolute Gasteiger partial charge is 0.457 e. The van der Waals surface area contributed by atoms with Crippen LogP contribution in [0.5, 0.6) is 0 Å². The molecule has 2 aliphatic rings. The molecule has 0 atom stereocenters. The molecule has 3 aromatic rings. The predicted molar refractivity (Wildman–Crippen MR) is 126 cm³/mol. The maximum Gasteiger partial charge on any atom is 0.309 e. The zero-order valence-corrected chi connectivity index (χ0v) is 19.3. The highest BCUT2D eigenvalue weighted by Gasteiger charge is 2.33. The molecule has 7 nitrogen and oxygen atoms in total. The first-order valence-corrected chi connectivity index (χ1v) is 12.7. The lowest BCUT2D eigenvalue weighted by atomic mass is 9.98. The first-order chi connectivity index (χ1) is 16.4. The van der Waals surface area contributed by atoms with Crippen LogP contribution in [-0.4, -0.2) is 49.2 Å². The van der Waals surface area contributed by atoms with Gasteiger partial charge in [-0.3, -0.25) is 14.6 Å². The molecule has 0 amide bonds. The Balaban J connectivity index is 1.17. The highest BCUT2D eigenvalue weighted by atomic mass is 32.2. The smallest absolute Gasteiger partial charge is 0.309 e. The number of ketones is 1. The summed E-state index contributed by atoms with van der Waals surface area (Å²) in [4.78, 5) is 29.3. The number of carbonyl (C=O) groups excluding carboxylic acids is 2. The number of benzene rings is 2. The number of sulfonamides is 1. The van der Waals surface area contributed by atoms with E-state index >= 15 is 0 Å². The van der Waals surface area contributed by atoms with Gasteiger partial charge in [0.2, 0.25) is 10.0 Å². The Hall–Kier alpha value is -3.36. The summed E-state index contributed by atoms with van der Waals surface area (Å²) in [6, 6.07) is 16.8. The van der Waals surface area contributed by atoms with E-state index in [2.05, 4.69) is 17.1 Å². The summed E-state index contributed by atoms with van der Waals surface area (Å²) in [6.07, 6.45) is 4.39. The maximum absolute atomic E-state index is 12.7. The molecule has 1 aliphatic carbocycles. The Morgan fingerprint density at radius 1 is 0.971 bits per heavy atom. The summed E-state index contributed by atoms with van der Waals surface area (Å²) < 4.78 is 32.1. The van der Waals surface area contributed by atoms with Crippen molar-refractivity contribution in [1.29, 1.82) is 0 Å². The summed E-state index contributed by atoms with van der Waals surface area (Å²) in [7, 11) is -3.63. The average molecular weight is 477 g/mol. The van der Waals surface area contributed by atoms with Gasteiger partial charge in [0.25, 0.3) is 0 Å². The van der Waals surface area contributed by atoms with Crippen molar-refractivity contribution in [3.63, 3.8) is 0 Å². The number of hydrogen-bond acceptors (Lipinski definition) is 6. The minimum atomic E-state index is -3.63. The molecule has 0 saturated carbocycles. The van der Waals surface area contributed by atoms with Crippen molar-refractivity contribution in [2.45, 2.75) is 24.2 Å². The van der Waals surface area contributed by atoms with Crippen molar-refractivity contribution >= 4 is 21.8 Å². The number of aromatic nitrogens is 1. The molecule has 1 aliphatic heterocycles. The molecule has 5 rings (SSSR count). The molecule has 0 N–H and O–H groups in total. The van der Waals surface area contributed by atoms with Gasteiger partial charge in [-0.05, 0) is 59.7 Å². The maximum atomic E-state index is 12.7. The topological polar surface area (TPSA) is 93.6 Å². The monoisotopic (exact) mass is 476 g/mol. The molecule has 2 heterocycles. The van der Waals surface area contributed by atoms with Gasteiger partial charge in [0.15, 0.2) is 12.4 Å². The third-order valence-corrected chi connectivity index (χ3v) is 8.41. The van der Waals surface area contributed by atoms with Crippen molar-refractivity contribution in [2.24, 2.45) is 5.92 Å². The minimum absolute atomic E-state index is 0.138. The number of esters is 1. The summed E-state index contributed by atoms with van der Waals surface area (Å²) in [5, 5.41) is 0. The summed E-state index contributed by atoms with van der Waals surface area (Å²) in [5.74, 6) is -1.14. The molecule has 8 heteroatoms. The number of pyridine rings is 1. The van der Waals surface area contributed by atoms with Gasteiger partial charge < -0.3 is 4.74 Å². The Morgan fingerprint density at radius 2 is 1.74 bits per heavy atom. The lowest BCUT2D eigenvalue weighted by molar-refractivity contribution is -0.148. The lowest BCUT2D eigenvalue weighted by Crippen LogP contribution is -2.40. The Bertz CT molecular complexity index is 1350. The highest BCUT2D eigenvalue weighted by molar-refractivity contribution is 7.89. The summed E-state index contributed by atoms with van der Waals surface area (Å²) in [5.41, 5.74) is 5.13. The number of Topliss-reactive ketones (excluding diaryl/α,β-unsaturated/α-hetero) is 1. The summed E-state index contributed by atoms with van der Waals surface area (Å²) >= 11 is 0. The molecular weight excluding hydrogens is 452 g/mol. The van der Waals surface area contributed by atoms with E-state index in [1.165, 1.54) is 33.9 Å². The number of carbonyl (C=O) groups is 2. The molecule has 0 radical (unpaired) electrons. The Morgan fingerprint density at radius 3 is 2.50 bits per heavy atom. The zero-order valence-electron chi connectivity index (χ0n) is 18.5. The SMILES string of the molecule is O=C(COC(=O)C1CCN(S(=O)(=O)c2cccnc2)CC1)c1ccc2c(c1)-c1ccccc1C2. The van der Waals surface area contributed by atoms with Crippen LogP contribution in [0.4, 0.5) is 0 Å². The normalized spacial score (nSPS) is 16.0. The van der Waals surface area contributed by atoms with E-state index in [4.69, 9.17) is 4.74 Å². The van der Waals surface area contributed by atoms with E-state index < -0.39 is 21.9 Å². The molecule has 0 bridgehead atoms. The Labute approximate surface area is 198 Å². The fourth-order valence-corrected chi connectivity index (χ4v) is 6.05. The van der Waals surface area contributed by atoms with Crippen molar-refractivity contribution in [1.82, 2.24) is 9.29 Å². The van der Waals surface area contributed by atoms with E-state index in [1.54, 1.807) is 12.1 Å². The van der Waals surface area contributed by atoms with Gasteiger partial charge in [0.1, 0.15) is 4.90 Å².